The first kappa shape index (κ1) is 16.5. The Bertz CT molecular complexity index is 432. The van der Waals surface area contributed by atoms with Crippen LogP contribution >= 0.6 is 0 Å². The molecular formula is C16H26N2O2. The molecule has 2 N–H and O–H groups in total. The first-order chi connectivity index (χ1) is 9.45. The maximum Gasteiger partial charge on any atom is 0.320 e. The van der Waals surface area contributed by atoms with E-state index in [1.165, 1.54) is 11.3 Å². The number of hydrogen-bond acceptors (Lipinski definition) is 3. The zero-order valence-electron chi connectivity index (χ0n) is 12.9. The minimum atomic E-state index is -0.778. The number of hydrogen-bond donors (Lipinski definition) is 2. The monoisotopic (exact) mass is 278 g/mol. The Balaban J connectivity index is 2.69. The number of carboxylic acids is 1. The van der Waals surface area contributed by atoms with Crippen molar-refractivity contribution >= 4 is 11.7 Å². The van der Waals surface area contributed by atoms with E-state index in [9.17, 15) is 9.90 Å². The Morgan fingerprint density at radius 2 is 2.00 bits per heavy atom. The second-order valence-electron chi connectivity index (χ2n) is 5.37. The fourth-order valence-corrected chi connectivity index (χ4v) is 2.33. The summed E-state index contributed by atoms with van der Waals surface area (Å²) in [5.41, 5.74) is 2.40. The molecule has 0 heterocycles. The van der Waals surface area contributed by atoms with Crippen LogP contribution in [0.4, 0.5) is 5.69 Å². The van der Waals surface area contributed by atoms with Crippen LogP contribution in [0.15, 0.2) is 24.3 Å². The maximum absolute atomic E-state index is 11.3. The van der Waals surface area contributed by atoms with Crippen molar-refractivity contribution in [1.29, 1.82) is 0 Å². The average molecular weight is 278 g/mol. The van der Waals surface area contributed by atoms with Crippen molar-refractivity contribution < 1.29 is 9.90 Å². The molecule has 0 bridgehead atoms. The van der Waals surface area contributed by atoms with Gasteiger partial charge in [0.25, 0.3) is 0 Å². The normalized spacial score (nSPS) is 12.4. The van der Waals surface area contributed by atoms with E-state index in [0.717, 1.165) is 13.1 Å². The first-order valence-corrected chi connectivity index (χ1v) is 7.25. The van der Waals surface area contributed by atoms with Gasteiger partial charge < -0.3 is 15.3 Å². The second kappa shape index (κ2) is 7.90. The van der Waals surface area contributed by atoms with Crippen molar-refractivity contribution in [3.8, 4) is 0 Å². The molecule has 4 nitrogen and oxygen atoms in total. The van der Waals surface area contributed by atoms with Gasteiger partial charge in [0.1, 0.15) is 6.04 Å². The lowest BCUT2D eigenvalue weighted by Crippen LogP contribution is -2.43. The van der Waals surface area contributed by atoms with Gasteiger partial charge >= 0.3 is 5.97 Å². The van der Waals surface area contributed by atoms with E-state index in [1.807, 2.05) is 26.0 Å². The molecule has 0 aliphatic rings. The molecule has 0 saturated heterocycles. The third-order valence-corrected chi connectivity index (χ3v) is 3.36. The van der Waals surface area contributed by atoms with Gasteiger partial charge in [0.05, 0.1) is 0 Å². The van der Waals surface area contributed by atoms with Crippen molar-refractivity contribution in [1.82, 2.24) is 5.32 Å². The van der Waals surface area contributed by atoms with Gasteiger partial charge in [-0.15, -0.1) is 0 Å². The molecule has 0 saturated carbocycles. The van der Waals surface area contributed by atoms with Crippen LogP contribution in [0.2, 0.25) is 0 Å². The summed E-state index contributed by atoms with van der Waals surface area (Å²) in [4.78, 5) is 13.5. The summed E-state index contributed by atoms with van der Waals surface area (Å²) in [6.45, 7) is 9.72. The third-order valence-electron chi connectivity index (χ3n) is 3.36. The van der Waals surface area contributed by atoms with Crippen LogP contribution < -0.4 is 10.2 Å². The van der Waals surface area contributed by atoms with Gasteiger partial charge in [-0.25, -0.2) is 0 Å². The zero-order chi connectivity index (χ0) is 15.1. The number of anilines is 1. The number of aliphatic carboxylic acids is 1. The summed E-state index contributed by atoms with van der Waals surface area (Å²) in [6.07, 6.45) is 0.593. The van der Waals surface area contributed by atoms with Crippen LogP contribution in [0.25, 0.3) is 0 Å². The highest BCUT2D eigenvalue weighted by Gasteiger charge is 2.19. The quantitative estimate of drug-likeness (QED) is 0.767. The fraction of sp³-hybridized carbons (Fsp3) is 0.562. The summed E-state index contributed by atoms with van der Waals surface area (Å²) in [6, 6.07) is 7.89. The van der Waals surface area contributed by atoms with E-state index < -0.39 is 12.0 Å². The van der Waals surface area contributed by atoms with Crippen LogP contribution in [0, 0.1) is 6.92 Å². The first-order valence-electron chi connectivity index (χ1n) is 7.25. The molecule has 0 spiro atoms. The molecule has 4 heteroatoms. The molecule has 1 rings (SSSR count). The summed E-state index contributed by atoms with van der Waals surface area (Å²) in [7, 11) is 0. The molecule has 1 aromatic carbocycles. The van der Waals surface area contributed by atoms with Crippen molar-refractivity contribution in [2.45, 2.75) is 46.2 Å². The largest absolute Gasteiger partial charge is 0.480 e. The number of aryl methyl sites for hydroxylation is 1. The molecule has 1 unspecified atom stereocenters. The lowest BCUT2D eigenvalue weighted by Gasteiger charge is -2.27. The Morgan fingerprint density at radius 3 is 2.50 bits per heavy atom. The smallest absolute Gasteiger partial charge is 0.320 e. The zero-order valence-corrected chi connectivity index (χ0v) is 12.9. The highest BCUT2D eigenvalue weighted by Crippen LogP contribution is 2.19. The topological polar surface area (TPSA) is 52.6 Å². The second-order valence-corrected chi connectivity index (χ2v) is 5.37. The summed E-state index contributed by atoms with van der Waals surface area (Å²) < 4.78 is 0. The van der Waals surface area contributed by atoms with Gasteiger partial charge in [-0.05, 0) is 31.9 Å². The predicted octanol–water partition coefficient (Wildman–Crippen LogP) is 2.66. The van der Waals surface area contributed by atoms with Crippen LogP contribution in [-0.4, -0.2) is 36.2 Å². The molecule has 1 atom stereocenters. The molecule has 0 amide bonds. The molecule has 0 aromatic heterocycles. The van der Waals surface area contributed by atoms with Gasteiger partial charge in [0, 0.05) is 24.8 Å². The number of rotatable bonds is 8. The Kier molecular flexibility index (Phi) is 6.52. The van der Waals surface area contributed by atoms with Gasteiger partial charge in [0.15, 0.2) is 0 Å². The van der Waals surface area contributed by atoms with Crippen molar-refractivity contribution in [2.24, 2.45) is 0 Å². The Labute approximate surface area is 121 Å². The van der Waals surface area contributed by atoms with Crippen LogP contribution in [0.3, 0.4) is 0 Å². The number of nitrogens with one attached hydrogen (secondary N) is 1. The van der Waals surface area contributed by atoms with E-state index >= 15 is 0 Å². The average Bonchev–Trinajstić information content (AvgIpc) is 2.39. The fourth-order valence-electron chi connectivity index (χ4n) is 2.33. The maximum atomic E-state index is 11.3. The van der Waals surface area contributed by atoms with Crippen molar-refractivity contribution in [3.05, 3.63) is 29.8 Å². The molecule has 1 aromatic rings. The van der Waals surface area contributed by atoms with Gasteiger partial charge in [0.2, 0.25) is 0 Å². The molecule has 0 aliphatic heterocycles. The number of carboxylic acid groups (broad SMARTS) is 1. The minimum Gasteiger partial charge on any atom is -0.480 e. The molecule has 0 aliphatic carbocycles. The molecule has 112 valence electrons. The number of carbonyl (C=O) groups is 1. The highest BCUT2D eigenvalue weighted by atomic mass is 16.4. The summed E-state index contributed by atoms with van der Waals surface area (Å²) in [5, 5.41) is 12.4. The lowest BCUT2D eigenvalue weighted by atomic mass is 10.1. The van der Waals surface area contributed by atoms with Crippen LogP contribution in [0.1, 0.15) is 32.8 Å². The van der Waals surface area contributed by atoms with E-state index in [0.29, 0.717) is 6.42 Å². The molecule has 0 fully saturated rings. The standard InChI is InChI=1S/C16H26N2O2/c1-5-18(15-9-7-6-8-13(15)4)11-10-14(16(19)20)17-12(2)3/h6-9,12,14,17H,5,10-11H2,1-4H3,(H,19,20). The number of benzene rings is 1. The SMILES string of the molecule is CCN(CCC(NC(C)C)C(=O)O)c1ccccc1C. The van der Waals surface area contributed by atoms with E-state index in [1.54, 1.807) is 0 Å². The Hall–Kier alpha value is -1.55. The minimum absolute atomic E-state index is 0.171. The van der Waals surface area contributed by atoms with Crippen LogP contribution in [-0.2, 0) is 4.79 Å². The lowest BCUT2D eigenvalue weighted by molar-refractivity contribution is -0.139. The Morgan fingerprint density at radius 1 is 1.35 bits per heavy atom. The number of nitrogens with zero attached hydrogens (tertiary/aromatic N) is 1. The van der Waals surface area contributed by atoms with E-state index in [-0.39, 0.29) is 6.04 Å². The number of para-hydroxylation sites is 1. The summed E-state index contributed by atoms with van der Waals surface area (Å²) >= 11 is 0. The highest BCUT2D eigenvalue weighted by molar-refractivity contribution is 5.73. The van der Waals surface area contributed by atoms with Gasteiger partial charge in [-0.3, -0.25) is 4.79 Å². The van der Waals surface area contributed by atoms with E-state index in [4.69, 9.17) is 0 Å². The van der Waals surface area contributed by atoms with E-state index in [2.05, 4.69) is 36.2 Å². The summed E-state index contributed by atoms with van der Waals surface area (Å²) in [5.74, 6) is -0.778. The predicted molar refractivity (Wildman–Crippen MR) is 83.4 cm³/mol. The van der Waals surface area contributed by atoms with Crippen molar-refractivity contribution in [2.75, 3.05) is 18.0 Å². The van der Waals surface area contributed by atoms with Gasteiger partial charge in [-0.2, -0.15) is 0 Å². The van der Waals surface area contributed by atoms with Gasteiger partial charge in [-0.1, -0.05) is 32.0 Å². The molecule has 0 radical (unpaired) electrons. The third kappa shape index (κ3) is 4.85. The molecular weight excluding hydrogens is 252 g/mol. The van der Waals surface area contributed by atoms with Crippen LogP contribution in [0.5, 0.6) is 0 Å². The molecule has 20 heavy (non-hydrogen) atoms. The van der Waals surface area contributed by atoms with Crippen molar-refractivity contribution in [3.63, 3.8) is 0 Å².